The second kappa shape index (κ2) is 9.23. The number of nitrogens with one attached hydrogen (secondary N) is 1. The molecule has 2 aromatic heterocycles. The van der Waals surface area contributed by atoms with E-state index in [1.54, 1.807) is 53.2 Å². The molecule has 0 bridgehead atoms. The lowest BCUT2D eigenvalue weighted by Crippen LogP contribution is -2.22. The maximum atomic E-state index is 14.8. The van der Waals surface area contributed by atoms with E-state index in [2.05, 4.69) is 15.4 Å². The smallest absolute Gasteiger partial charge is 0.228 e. The highest BCUT2D eigenvalue weighted by molar-refractivity contribution is 7.98. The second-order valence-corrected chi connectivity index (χ2v) is 9.50. The topological polar surface area (TPSA) is 69.0 Å². The van der Waals surface area contributed by atoms with Gasteiger partial charge in [0.25, 0.3) is 0 Å². The van der Waals surface area contributed by atoms with Crippen LogP contribution in [0, 0.1) is 5.82 Å². The number of carbonyl (C=O) groups excluding carboxylic acids is 1. The van der Waals surface area contributed by atoms with Crippen LogP contribution in [0.3, 0.4) is 0 Å². The van der Waals surface area contributed by atoms with Crippen molar-refractivity contribution in [2.24, 2.45) is 0 Å². The molecule has 0 atom stereocenters. The third kappa shape index (κ3) is 5.34. The van der Waals surface area contributed by atoms with Gasteiger partial charge in [-0.15, -0.1) is 11.8 Å². The highest BCUT2D eigenvalue weighted by atomic mass is 32.2. The molecule has 170 valence electrons. The first-order chi connectivity index (χ1) is 15.7. The molecule has 0 saturated carbocycles. The highest BCUT2D eigenvalue weighted by Gasteiger charge is 2.16. The zero-order chi connectivity index (χ0) is 23.6. The quantitative estimate of drug-likeness (QED) is 0.353. The third-order valence-electron chi connectivity index (χ3n) is 5.07. The van der Waals surface area contributed by atoms with Crippen LogP contribution in [-0.4, -0.2) is 26.9 Å². The molecular weight excluding hydrogens is 439 g/mol. The predicted molar refractivity (Wildman–Crippen MR) is 130 cm³/mol. The fraction of sp³-hybridized carbons (Fsp3) is 0.240. The van der Waals surface area contributed by atoms with E-state index < -0.39 is 5.82 Å². The zero-order valence-electron chi connectivity index (χ0n) is 18.9. The van der Waals surface area contributed by atoms with Gasteiger partial charge in [0.15, 0.2) is 0 Å². The van der Waals surface area contributed by atoms with Crippen molar-refractivity contribution in [3.05, 3.63) is 72.4 Å². The maximum Gasteiger partial charge on any atom is 0.228 e. The van der Waals surface area contributed by atoms with Gasteiger partial charge in [-0.25, -0.2) is 4.39 Å². The van der Waals surface area contributed by atoms with E-state index in [1.807, 2.05) is 45.2 Å². The standard InChI is InChI=1S/C25H25FN4O2S/c1-25(2,3)30-15-17(14-28-30)29-24(31)11-16-5-6-18(12-21(16)26)32-23-9-10-27-22-8-7-19(33-4)13-20(22)23/h5-10,12-15H,11H2,1-4H3,(H,29,31). The Morgan fingerprint density at radius 1 is 1.18 bits per heavy atom. The fourth-order valence-electron chi connectivity index (χ4n) is 3.31. The minimum absolute atomic E-state index is 0.0952. The molecule has 0 aliphatic rings. The van der Waals surface area contributed by atoms with Gasteiger partial charge in [0.2, 0.25) is 5.91 Å². The number of amides is 1. The van der Waals surface area contributed by atoms with Crippen LogP contribution < -0.4 is 10.1 Å². The van der Waals surface area contributed by atoms with Crippen LogP contribution in [-0.2, 0) is 16.8 Å². The molecular formula is C25H25FN4O2S. The molecule has 2 aromatic carbocycles. The molecule has 8 heteroatoms. The van der Waals surface area contributed by atoms with Crippen molar-refractivity contribution >= 4 is 34.3 Å². The van der Waals surface area contributed by atoms with E-state index in [-0.39, 0.29) is 23.4 Å². The summed E-state index contributed by atoms with van der Waals surface area (Å²) in [6, 6.07) is 12.2. The van der Waals surface area contributed by atoms with Crippen LogP contribution in [0.2, 0.25) is 0 Å². The number of nitrogens with zero attached hydrogens (tertiary/aromatic N) is 3. The van der Waals surface area contributed by atoms with Crippen molar-refractivity contribution in [3.63, 3.8) is 0 Å². The third-order valence-corrected chi connectivity index (χ3v) is 5.79. The number of rotatable bonds is 6. The SMILES string of the molecule is CSc1ccc2nccc(Oc3ccc(CC(=O)Nc4cnn(C(C)(C)C)c4)c(F)c3)c2c1. The number of benzene rings is 2. The van der Waals surface area contributed by atoms with Crippen molar-refractivity contribution in [1.82, 2.24) is 14.8 Å². The van der Waals surface area contributed by atoms with Gasteiger partial charge < -0.3 is 10.1 Å². The predicted octanol–water partition coefficient (Wildman–Crippen LogP) is 6.02. The van der Waals surface area contributed by atoms with Gasteiger partial charge in [-0.1, -0.05) is 6.07 Å². The van der Waals surface area contributed by atoms with E-state index >= 15 is 0 Å². The Labute approximate surface area is 196 Å². The number of hydrogen-bond acceptors (Lipinski definition) is 5. The van der Waals surface area contributed by atoms with Crippen LogP contribution in [0.4, 0.5) is 10.1 Å². The molecule has 0 aliphatic carbocycles. The molecule has 0 unspecified atom stereocenters. The van der Waals surface area contributed by atoms with Gasteiger partial charge in [-0.2, -0.15) is 5.10 Å². The van der Waals surface area contributed by atoms with Gasteiger partial charge in [0, 0.05) is 28.7 Å². The maximum absolute atomic E-state index is 14.8. The summed E-state index contributed by atoms with van der Waals surface area (Å²) in [5.74, 6) is 0.124. The Morgan fingerprint density at radius 3 is 2.70 bits per heavy atom. The number of hydrogen-bond donors (Lipinski definition) is 1. The molecule has 0 spiro atoms. The summed E-state index contributed by atoms with van der Waals surface area (Å²) < 4.78 is 22.5. The molecule has 0 aliphatic heterocycles. The van der Waals surface area contributed by atoms with E-state index in [9.17, 15) is 9.18 Å². The van der Waals surface area contributed by atoms with Gasteiger partial charge in [-0.3, -0.25) is 14.5 Å². The average molecular weight is 465 g/mol. The van der Waals surface area contributed by atoms with E-state index in [0.717, 1.165) is 15.8 Å². The van der Waals surface area contributed by atoms with Crippen LogP contribution >= 0.6 is 11.8 Å². The highest BCUT2D eigenvalue weighted by Crippen LogP contribution is 2.32. The molecule has 2 heterocycles. The van der Waals surface area contributed by atoms with Crippen molar-refractivity contribution in [1.29, 1.82) is 0 Å². The Morgan fingerprint density at radius 2 is 2.00 bits per heavy atom. The van der Waals surface area contributed by atoms with Crippen LogP contribution in [0.15, 0.2) is 66.0 Å². The first-order valence-electron chi connectivity index (χ1n) is 10.5. The molecule has 1 amide bonds. The first kappa shape index (κ1) is 22.8. The van der Waals surface area contributed by atoms with E-state index in [4.69, 9.17) is 4.74 Å². The number of anilines is 1. The van der Waals surface area contributed by atoms with Gasteiger partial charge in [-0.05, 0) is 62.9 Å². The summed E-state index contributed by atoms with van der Waals surface area (Å²) in [5, 5.41) is 7.87. The second-order valence-electron chi connectivity index (χ2n) is 8.62. The lowest BCUT2D eigenvalue weighted by Gasteiger charge is -2.18. The largest absolute Gasteiger partial charge is 0.456 e. The lowest BCUT2D eigenvalue weighted by molar-refractivity contribution is -0.115. The van der Waals surface area contributed by atoms with Crippen molar-refractivity contribution in [2.45, 2.75) is 37.6 Å². The Balaban J connectivity index is 1.47. The Hall–Kier alpha value is -3.39. The molecule has 0 fully saturated rings. The minimum atomic E-state index is -0.504. The molecule has 0 saturated heterocycles. The summed E-state index contributed by atoms with van der Waals surface area (Å²) in [6.45, 7) is 6.04. The molecule has 4 aromatic rings. The van der Waals surface area contributed by atoms with Crippen LogP contribution in [0.25, 0.3) is 10.9 Å². The summed E-state index contributed by atoms with van der Waals surface area (Å²) >= 11 is 1.63. The van der Waals surface area contributed by atoms with Crippen LogP contribution in [0.5, 0.6) is 11.5 Å². The molecule has 33 heavy (non-hydrogen) atoms. The average Bonchev–Trinajstić information content (AvgIpc) is 3.24. The summed E-state index contributed by atoms with van der Waals surface area (Å²) in [7, 11) is 0. The molecule has 4 rings (SSSR count). The van der Waals surface area contributed by atoms with Crippen LogP contribution in [0.1, 0.15) is 26.3 Å². The monoisotopic (exact) mass is 464 g/mol. The number of halogens is 1. The van der Waals surface area contributed by atoms with Crippen molar-refractivity contribution < 1.29 is 13.9 Å². The Kier molecular flexibility index (Phi) is 6.37. The minimum Gasteiger partial charge on any atom is -0.456 e. The van der Waals surface area contributed by atoms with E-state index in [1.165, 1.54) is 6.07 Å². The first-order valence-corrected chi connectivity index (χ1v) is 11.7. The summed E-state index contributed by atoms with van der Waals surface area (Å²) in [6.07, 6.45) is 6.90. The number of carbonyl (C=O) groups is 1. The summed E-state index contributed by atoms with van der Waals surface area (Å²) in [4.78, 5) is 17.9. The van der Waals surface area contributed by atoms with E-state index in [0.29, 0.717) is 17.2 Å². The van der Waals surface area contributed by atoms with Gasteiger partial charge in [0.05, 0.1) is 29.4 Å². The Bertz CT molecular complexity index is 1310. The number of pyridine rings is 1. The van der Waals surface area contributed by atoms with Crippen molar-refractivity contribution in [3.8, 4) is 11.5 Å². The molecule has 0 radical (unpaired) electrons. The molecule has 6 nitrogen and oxygen atoms in total. The lowest BCUT2D eigenvalue weighted by atomic mass is 10.1. The molecule has 1 N–H and O–H groups in total. The number of ether oxygens (including phenoxy) is 1. The number of aromatic nitrogens is 3. The van der Waals surface area contributed by atoms with Crippen molar-refractivity contribution in [2.75, 3.05) is 11.6 Å². The van der Waals surface area contributed by atoms with Gasteiger partial charge in [0.1, 0.15) is 17.3 Å². The normalized spacial score (nSPS) is 11.5. The zero-order valence-corrected chi connectivity index (χ0v) is 19.7. The van der Waals surface area contributed by atoms with Gasteiger partial charge >= 0.3 is 0 Å². The number of fused-ring (bicyclic) bond motifs is 1. The fourth-order valence-corrected chi connectivity index (χ4v) is 3.75. The summed E-state index contributed by atoms with van der Waals surface area (Å²) in [5.41, 5.74) is 1.47. The number of thioether (sulfide) groups is 1.